The van der Waals surface area contributed by atoms with Crippen molar-refractivity contribution in [1.29, 1.82) is 0 Å². The summed E-state index contributed by atoms with van der Waals surface area (Å²) in [5.74, 6) is 0. The number of anilines is 1. The van der Waals surface area contributed by atoms with Crippen LogP contribution in [0.4, 0.5) is 10.5 Å². The number of urea groups is 1. The number of rotatable bonds is 6. The number of amides is 2. The third-order valence-electron chi connectivity index (χ3n) is 2.85. The zero-order valence-electron chi connectivity index (χ0n) is 11.7. The van der Waals surface area contributed by atoms with Crippen LogP contribution in [0.5, 0.6) is 0 Å². The molecule has 0 heterocycles. The molecule has 0 radical (unpaired) electrons. The second-order valence-corrected chi connectivity index (χ2v) is 4.44. The highest BCUT2D eigenvalue weighted by Crippen LogP contribution is 2.15. The van der Waals surface area contributed by atoms with Crippen LogP contribution in [0.25, 0.3) is 0 Å². The molecule has 5 nitrogen and oxygen atoms in total. The molecule has 1 rings (SSSR count). The van der Waals surface area contributed by atoms with E-state index in [9.17, 15) is 9.90 Å². The third-order valence-corrected chi connectivity index (χ3v) is 2.85. The van der Waals surface area contributed by atoms with Gasteiger partial charge < -0.3 is 20.5 Å². The summed E-state index contributed by atoms with van der Waals surface area (Å²) in [4.78, 5) is 11.6. The number of aliphatic hydroxyl groups is 1. The number of aliphatic hydroxyl groups excluding tert-OH is 1. The molecule has 0 aliphatic rings. The summed E-state index contributed by atoms with van der Waals surface area (Å²) in [6.07, 6.45) is 0.232. The highest BCUT2D eigenvalue weighted by Gasteiger charge is 2.07. The Labute approximate surface area is 114 Å². The lowest BCUT2D eigenvalue weighted by atomic mass is 10.1. The number of aryl methyl sites for hydroxylation is 2. The zero-order chi connectivity index (χ0) is 14.3. The SMILES string of the molecule is CCc1cc(NC(=O)NCC(O)COC)ccc1C. The fraction of sp³-hybridized carbons (Fsp3) is 0.500. The topological polar surface area (TPSA) is 70.6 Å². The maximum Gasteiger partial charge on any atom is 0.319 e. The van der Waals surface area contributed by atoms with E-state index in [2.05, 4.69) is 17.6 Å². The monoisotopic (exact) mass is 266 g/mol. The minimum atomic E-state index is -0.694. The number of methoxy groups -OCH3 is 1. The first kappa shape index (κ1) is 15.5. The Balaban J connectivity index is 2.48. The van der Waals surface area contributed by atoms with Crippen molar-refractivity contribution in [3.8, 4) is 0 Å². The maximum absolute atomic E-state index is 11.6. The van der Waals surface area contributed by atoms with E-state index in [0.717, 1.165) is 12.1 Å². The molecule has 1 atom stereocenters. The molecule has 0 spiro atoms. The Kier molecular flexibility index (Phi) is 6.32. The van der Waals surface area contributed by atoms with Crippen LogP contribution < -0.4 is 10.6 Å². The predicted octanol–water partition coefficient (Wildman–Crippen LogP) is 1.69. The molecule has 0 aromatic heterocycles. The molecular weight excluding hydrogens is 244 g/mol. The quantitative estimate of drug-likeness (QED) is 0.733. The van der Waals surface area contributed by atoms with E-state index in [0.29, 0.717) is 0 Å². The highest BCUT2D eigenvalue weighted by atomic mass is 16.5. The molecule has 19 heavy (non-hydrogen) atoms. The summed E-state index contributed by atoms with van der Waals surface area (Å²) in [6, 6.07) is 5.47. The van der Waals surface area contributed by atoms with Gasteiger partial charge in [-0.25, -0.2) is 4.79 Å². The Hall–Kier alpha value is -1.59. The highest BCUT2D eigenvalue weighted by molar-refractivity contribution is 5.89. The van der Waals surface area contributed by atoms with E-state index < -0.39 is 6.10 Å². The average Bonchev–Trinajstić information content (AvgIpc) is 2.39. The van der Waals surface area contributed by atoms with Crippen molar-refractivity contribution in [2.45, 2.75) is 26.4 Å². The van der Waals surface area contributed by atoms with Gasteiger partial charge in [-0.3, -0.25) is 0 Å². The Morgan fingerprint density at radius 3 is 2.84 bits per heavy atom. The van der Waals surface area contributed by atoms with Gasteiger partial charge in [0.1, 0.15) is 0 Å². The first-order chi connectivity index (χ1) is 9.06. The first-order valence-electron chi connectivity index (χ1n) is 6.38. The summed E-state index contributed by atoms with van der Waals surface area (Å²) < 4.78 is 4.78. The molecule has 0 fully saturated rings. The fourth-order valence-electron chi connectivity index (χ4n) is 1.77. The number of ether oxygens (including phenoxy) is 1. The molecule has 1 aromatic carbocycles. The second-order valence-electron chi connectivity index (χ2n) is 4.44. The molecule has 5 heteroatoms. The standard InChI is InChI=1S/C14H22N2O3/c1-4-11-7-12(6-5-10(11)2)16-14(18)15-8-13(17)9-19-3/h5-7,13,17H,4,8-9H2,1-3H3,(H2,15,16,18). The molecular formula is C14H22N2O3. The van der Waals surface area contributed by atoms with Crippen molar-refractivity contribution in [3.05, 3.63) is 29.3 Å². The van der Waals surface area contributed by atoms with Crippen LogP contribution in [0.2, 0.25) is 0 Å². The number of hydrogen-bond acceptors (Lipinski definition) is 3. The van der Waals surface area contributed by atoms with Crippen LogP contribution in [0.15, 0.2) is 18.2 Å². The van der Waals surface area contributed by atoms with Crippen LogP contribution in [0.3, 0.4) is 0 Å². The van der Waals surface area contributed by atoms with Gasteiger partial charge in [-0.2, -0.15) is 0 Å². The van der Waals surface area contributed by atoms with Crippen LogP contribution in [0, 0.1) is 6.92 Å². The van der Waals surface area contributed by atoms with Crippen LogP contribution >= 0.6 is 0 Å². The van der Waals surface area contributed by atoms with Gasteiger partial charge in [-0.15, -0.1) is 0 Å². The first-order valence-corrected chi connectivity index (χ1v) is 6.38. The molecule has 1 unspecified atom stereocenters. The summed E-state index contributed by atoms with van der Waals surface area (Å²) in [6.45, 7) is 4.48. The van der Waals surface area contributed by atoms with E-state index in [-0.39, 0.29) is 19.2 Å². The van der Waals surface area contributed by atoms with Crippen molar-refractivity contribution in [1.82, 2.24) is 5.32 Å². The lowest BCUT2D eigenvalue weighted by molar-refractivity contribution is 0.0663. The summed E-state index contributed by atoms with van der Waals surface area (Å²) >= 11 is 0. The number of hydrogen-bond donors (Lipinski definition) is 3. The lowest BCUT2D eigenvalue weighted by Gasteiger charge is -2.12. The Morgan fingerprint density at radius 2 is 2.21 bits per heavy atom. The fourth-order valence-corrected chi connectivity index (χ4v) is 1.77. The van der Waals surface area contributed by atoms with Gasteiger partial charge in [0.15, 0.2) is 0 Å². The third kappa shape index (κ3) is 5.28. The van der Waals surface area contributed by atoms with Crippen LogP contribution in [-0.4, -0.2) is 37.5 Å². The Morgan fingerprint density at radius 1 is 1.47 bits per heavy atom. The molecule has 0 aliphatic carbocycles. The van der Waals surface area contributed by atoms with Gasteiger partial charge >= 0.3 is 6.03 Å². The van der Waals surface area contributed by atoms with E-state index in [1.807, 2.05) is 25.1 Å². The van der Waals surface area contributed by atoms with E-state index in [1.165, 1.54) is 18.2 Å². The predicted molar refractivity (Wildman–Crippen MR) is 75.5 cm³/mol. The maximum atomic E-state index is 11.6. The second kappa shape index (κ2) is 7.76. The minimum Gasteiger partial charge on any atom is -0.389 e. The molecule has 106 valence electrons. The molecule has 0 aliphatic heterocycles. The van der Waals surface area contributed by atoms with Crippen molar-refractivity contribution >= 4 is 11.7 Å². The smallest absolute Gasteiger partial charge is 0.319 e. The van der Waals surface area contributed by atoms with Crippen LogP contribution in [-0.2, 0) is 11.2 Å². The molecule has 1 aromatic rings. The van der Waals surface area contributed by atoms with E-state index >= 15 is 0 Å². The van der Waals surface area contributed by atoms with Gasteiger partial charge in [0.2, 0.25) is 0 Å². The summed E-state index contributed by atoms with van der Waals surface area (Å²) in [5.41, 5.74) is 3.17. The van der Waals surface area contributed by atoms with Gasteiger partial charge in [0.25, 0.3) is 0 Å². The van der Waals surface area contributed by atoms with E-state index in [1.54, 1.807) is 0 Å². The zero-order valence-corrected chi connectivity index (χ0v) is 11.7. The normalized spacial score (nSPS) is 12.0. The van der Waals surface area contributed by atoms with Gasteiger partial charge in [0.05, 0.1) is 12.7 Å². The van der Waals surface area contributed by atoms with Crippen molar-refractivity contribution in [3.63, 3.8) is 0 Å². The lowest BCUT2D eigenvalue weighted by Crippen LogP contribution is -2.37. The van der Waals surface area contributed by atoms with Gasteiger partial charge in [-0.05, 0) is 36.6 Å². The van der Waals surface area contributed by atoms with E-state index in [4.69, 9.17) is 4.74 Å². The summed E-state index contributed by atoms with van der Waals surface area (Å²) in [7, 11) is 1.50. The largest absolute Gasteiger partial charge is 0.389 e. The van der Waals surface area contributed by atoms with Crippen molar-refractivity contribution in [2.75, 3.05) is 25.6 Å². The average molecular weight is 266 g/mol. The molecule has 0 saturated heterocycles. The summed E-state index contributed by atoms with van der Waals surface area (Å²) in [5, 5.41) is 14.7. The number of carbonyl (C=O) groups is 1. The molecule has 0 bridgehead atoms. The van der Waals surface area contributed by atoms with Crippen molar-refractivity contribution in [2.24, 2.45) is 0 Å². The van der Waals surface area contributed by atoms with Crippen LogP contribution in [0.1, 0.15) is 18.1 Å². The molecule has 0 saturated carbocycles. The number of benzene rings is 1. The van der Waals surface area contributed by atoms with Crippen molar-refractivity contribution < 1.29 is 14.6 Å². The number of carbonyl (C=O) groups excluding carboxylic acids is 1. The van der Waals surface area contributed by atoms with Gasteiger partial charge in [0, 0.05) is 19.3 Å². The molecule has 2 amide bonds. The minimum absolute atomic E-state index is 0.159. The number of nitrogens with one attached hydrogen (secondary N) is 2. The Bertz CT molecular complexity index is 421. The molecule has 3 N–H and O–H groups in total. The van der Waals surface area contributed by atoms with Gasteiger partial charge in [-0.1, -0.05) is 13.0 Å².